The Labute approximate surface area is 81.7 Å². The second-order valence-electron chi connectivity index (χ2n) is 4.73. The van der Waals surface area contributed by atoms with Crippen LogP contribution >= 0.6 is 9.24 Å². The second kappa shape index (κ2) is 3.46. The second-order valence-corrected chi connectivity index (χ2v) is 5.64. The Bertz CT molecular complexity index is 191. The average molecular weight is 208 g/mol. The van der Waals surface area contributed by atoms with Gasteiger partial charge in [-0.2, -0.15) is 0 Å². The average Bonchev–Trinajstić information content (AvgIpc) is 1.96. The van der Waals surface area contributed by atoms with Crippen LogP contribution in [0.4, 0.5) is 8.78 Å². The van der Waals surface area contributed by atoms with Crippen LogP contribution in [0.15, 0.2) is 0 Å². The van der Waals surface area contributed by atoms with Crippen molar-refractivity contribution in [3.8, 4) is 0 Å². The molecule has 0 heterocycles. The van der Waals surface area contributed by atoms with Crippen LogP contribution in [-0.4, -0.2) is 11.1 Å². The molecule has 78 valence electrons. The molecule has 4 atom stereocenters. The summed E-state index contributed by atoms with van der Waals surface area (Å²) in [5.41, 5.74) is -1.65. The Balaban J connectivity index is 2.86. The van der Waals surface area contributed by atoms with Gasteiger partial charge in [-0.25, -0.2) is 8.78 Å². The molecule has 3 heteroatoms. The molecule has 1 aliphatic carbocycles. The van der Waals surface area contributed by atoms with Gasteiger partial charge in [-0.05, 0) is 31.1 Å². The summed E-state index contributed by atoms with van der Waals surface area (Å²) in [4.78, 5) is 0. The molecule has 0 N–H and O–H groups in total. The summed E-state index contributed by atoms with van der Waals surface area (Å²) in [6.45, 7) is 5.50. The first-order chi connectivity index (χ1) is 5.79. The molecule has 1 aliphatic rings. The largest absolute Gasteiger partial charge is 0.240 e. The SMILES string of the molecule is CC(C)[C@]1(F)CC[C@H](C)C[C@]1(F)P. The summed E-state index contributed by atoms with van der Waals surface area (Å²) >= 11 is 0. The predicted molar refractivity (Wildman–Crippen MR) is 55.2 cm³/mol. The highest BCUT2D eigenvalue weighted by Gasteiger charge is 2.54. The van der Waals surface area contributed by atoms with Crippen LogP contribution in [0.5, 0.6) is 0 Å². The molecule has 0 amide bonds. The number of halogens is 2. The van der Waals surface area contributed by atoms with Crippen LogP contribution in [0, 0.1) is 11.8 Å². The lowest BCUT2D eigenvalue weighted by Gasteiger charge is -2.45. The highest BCUT2D eigenvalue weighted by atomic mass is 31.0. The van der Waals surface area contributed by atoms with Gasteiger partial charge >= 0.3 is 0 Å². The molecule has 0 aliphatic heterocycles. The molecule has 0 radical (unpaired) electrons. The van der Waals surface area contributed by atoms with Gasteiger partial charge in [-0.1, -0.05) is 30.0 Å². The molecule has 0 saturated heterocycles. The molecular formula is C10H19F2P. The minimum atomic E-state index is -1.72. The zero-order valence-corrected chi connectivity index (χ0v) is 9.76. The van der Waals surface area contributed by atoms with Gasteiger partial charge < -0.3 is 0 Å². The van der Waals surface area contributed by atoms with E-state index in [1.165, 1.54) is 0 Å². The predicted octanol–water partition coefficient (Wildman–Crippen LogP) is 3.71. The van der Waals surface area contributed by atoms with E-state index in [0.717, 1.165) is 6.42 Å². The lowest BCUT2D eigenvalue weighted by Crippen LogP contribution is -2.51. The summed E-state index contributed by atoms with van der Waals surface area (Å²) < 4.78 is 28.3. The molecule has 1 rings (SSSR count). The van der Waals surface area contributed by atoms with E-state index in [-0.39, 0.29) is 5.92 Å². The van der Waals surface area contributed by atoms with Crippen molar-refractivity contribution in [1.29, 1.82) is 0 Å². The zero-order valence-electron chi connectivity index (χ0n) is 8.61. The minimum Gasteiger partial charge on any atom is -0.240 e. The number of alkyl halides is 2. The first kappa shape index (κ1) is 11.4. The quantitative estimate of drug-likeness (QED) is 0.576. The van der Waals surface area contributed by atoms with Gasteiger partial charge in [-0.15, -0.1) is 0 Å². The van der Waals surface area contributed by atoms with E-state index >= 15 is 0 Å². The third-order valence-corrected chi connectivity index (χ3v) is 3.97. The van der Waals surface area contributed by atoms with Gasteiger partial charge in [0.25, 0.3) is 0 Å². The molecule has 13 heavy (non-hydrogen) atoms. The van der Waals surface area contributed by atoms with E-state index < -0.39 is 11.1 Å². The monoisotopic (exact) mass is 208 g/mol. The van der Waals surface area contributed by atoms with Crippen molar-refractivity contribution in [2.45, 2.75) is 51.1 Å². The summed E-state index contributed by atoms with van der Waals surface area (Å²) in [6, 6.07) is 0. The molecule has 0 nitrogen and oxygen atoms in total. The number of hydrogen-bond donors (Lipinski definition) is 0. The van der Waals surface area contributed by atoms with Gasteiger partial charge in [-0.3, -0.25) is 0 Å². The van der Waals surface area contributed by atoms with Crippen LogP contribution < -0.4 is 0 Å². The highest BCUT2D eigenvalue weighted by Crippen LogP contribution is 2.52. The summed E-state index contributed by atoms with van der Waals surface area (Å²) in [7, 11) is 2.08. The van der Waals surface area contributed by atoms with E-state index in [1.807, 2.05) is 6.92 Å². The molecule has 0 aromatic rings. The van der Waals surface area contributed by atoms with Gasteiger partial charge in [0.1, 0.15) is 5.67 Å². The molecule has 0 aromatic carbocycles. The molecule has 1 fully saturated rings. The summed E-state index contributed by atoms with van der Waals surface area (Å²) in [5, 5.41) is -1.72. The lowest BCUT2D eigenvalue weighted by atomic mass is 9.73. The summed E-state index contributed by atoms with van der Waals surface area (Å²) in [6.07, 6.45) is 1.48. The fraction of sp³-hybridized carbons (Fsp3) is 1.00. The lowest BCUT2D eigenvalue weighted by molar-refractivity contribution is -0.0602. The molecule has 0 bridgehead atoms. The molecule has 1 unspecified atom stereocenters. The van der Waals surface area contributed by atoms with Gasteiger partial charge in [0.2, 0.25) is 0 Å². The Morgan fingerprint density at radius 3 is 2.31 bits per heavy atom. The minimum absolute atomic E-state index is 0.248. The first-order valence-electron chi connectivity index (χ1n) is 4.96. The van der Waals surface area contributed by atoms with E-state index in [1.54, 1.807) is 13.8 Å². The van der Waals surface area contributed by atoms with Crippen LogP contribution in [0.3, 0.4) is 0 Å². The maximum atomic E-state index is 14.3. The zero-order chi connectivity index (χ0) is 10.3. The third kappa shape index (κ3) is 1.88. The van der Waals surface area contributed by atoms with Crippen molar-refractivity contribution in [3.63, 3.8) is 0 Å². The van der Waals surface area contributed by atoms with Crippen LogP contribution in [-0.2, 0) is 0 Å². The first-order valence-corrected chi connectivity index (χ1v) is 5.54. The normalized spacial score (nSPS) is 46.8. The van der Waals surface area contributed by atoms with Gasteiger partial charge in [0, 0.05) is 0 Å². The van der Waals surface area contributed by atoms with Crippen molar-refractivity contribution in [2.24, 2.45) is 11.8 Å². The Hall–Kier alpha value is 0.290. The fourth-order valence-corrected chi connectivity index (χ4v) is 3.09. The maximum absolute atomic E-state index is 14.3. The standard InChI is InChI=1S/C10H19F2P/c1-7(2)9(11)5-4-8(3)6-10(9,12)13/h7-8H,4-6,13H2,1-3H3/t8-,9+,10-/m0/s1. The highest BCUT2D eigenvalue weighted by molar-refractivity contribution is 7.18. The van der Waals surface area contributed by atoms with Crippen LogP contribution in [0.1, 0.15) is 40.0 Å². The van der Waals surface area contributed by atoms with E-state index in [9.17, 15) is 8.78 Å². The van der Waals surface area contributed by atoms with Crippen LogP contribution in [0.25, 0.3) is 0 Å². The van der Waals surface area contributed by atoms with Crippen molar-refractivity contribution < 1.29 is 8.78 Å². The van der Waals surface area contributed by atoms with Gasteiger partial charge in [0.05, 0.1) is 0 Å². The Morgan fingerprint density at radius 2 is 1.92 bits per heavy atom. The topological polar surface area (TPSA) is 0 Å². The van der Waals surface area contributed by atoms with E-state index in [2.05, 4.69) is 9.24 Å². The van der Waals surface area contributed by atoms with Crippen molar-refractivity contribution in [2.75, 3.05) is 0 Å². The number of rotatable bonds is 1. The van der Waals surface area contributed by atoms with Gasteiger partial charge in [0.15, 0.2) is 5.41 Å². The summed E-state index contributed by atoms with van der Waals surface area (Å²) in [5.74, 6) is 0.0487. The van der Waals surface area contributed by atoms with Crippen LogP contribution in [0.2, 0.25) is 0 Å². The maximum Gasteiger partial charge on any atom is 0.157 e. The molecular weight excluding hydrogens is 189 g/mol. The number of hydrogen-bond acceptors (Lipinski definition) is 0. The van der Waals surface area contributed by atoms with Crippen molar-refractivity contribution in [3.05, 3.63) is 0 Å². The third-order valence-electron chi connectivity index (χ3n) is 3.25. The molecule has 1 saturated carbocycles. The van der Waals surface area contributed by atoms with E-state index in [0.29, 0.717) is 18.8 Å². The smallest absolute Gasteiger partial charge is 0.157 e. The molecule has 0 spiro atoms. The van der Waals surface area contributed by atoms with Crippen molar-refractivity contribution in [1.82, 2.24) is 0 Å². The van der Waals surface area contributed by atoms with Crippen molar-refractivity contribution >= 4 is 9.24 Å². The van der Waals surface area contributed by atoms with E-state index in [4.69, 9.17) is 0 Å². The fourth-order valence-electron chi connectivity index (χ4n) is 2.21. The Kier molecular flexibility index (Phi) is 3.02. The Morgan fingerprint density at radius 1 is 1.38 bits per heavy atom. The molecule has 0 aromatic heterocycles.